The van der Waals surface area contributed by atoms with Crippen molar-refractivity contribution in [2.24, 2.45) is 5.92 Å². The third kappa shape index (κ3) is 5.01. The van der Waals surface area contributed by atoms with Gasteiger partial charge in [0.1, 0.15) is 4.90 Å². The second-order valence-corrected chi connectivity index (χ2v) is 12.1. The molecule has 1 aromatic carbocycles. The molecule has 1 amide bonds. The highest BCUT2D eigenvalue weighted by atomic mass is 35.5. The molecule has 0 spiro atoms. The molecule has 6 nitrogen and oxygen atoms in total. The summed E-state index contributed by atoms with van der Waals surface area (Å²) in [6.45, 7) is 6.51. The van der Waals surface area contributed by atoms with Crippen LogP contribution < -0.4 is 0 Å². The summed E-state index contributed by atoms with van der Waals surface area (Å²) in [5, 5.41) is 0.148. The van der Waals surface area contributed by atoms with Crippen LogP contribution in [-0.4, -0.2) is 60.9 Å². The Bertz CT molecular complexity index is 931. The first-order valence-electron chi connectivity index (χ1n) is 12.0. The quantitative estimate of drug-likeness (QED) is 0.588. The molecule has 3 aliphatic rings. The Kier molecular flexibility index (Phi) is 7.20. The Morgan fingerprint density at radius 1 is 1.06 bits per heavy atom. The van der Waals surface area contributed by atoms with Gasteiger partial charge in [0.2, 0.25) is 10.0 Å². The van der Waals surface area contributed by atoms with Gasteiger partial charge in [0.15, 0.2) is 0 Å². The summed E-state index contributed by atoms with van der Waals surface area (Å²) in [6, 6.07) is 5.23. The maximum atomic E-state index is 13.6. The largest absolute Gasteiger partial charge is 0.373 e. The van der Waals surface area contributed by atoms with Crippen molar-refractivity contribution in [3.63, 3.8) is 0 Å². The molecular weight excluding hydrogens is 448 g/mol. The number of ether oxygens (including phenoxy) is 1. The van der Waals surface area contributed by atoms with Gasteiger partial charge in [-0.25, -0.2) is 8.42 Å². The highest BCUT2D eigenvalue weighted by Gasteiger charge is 2.40. The number of sulfonamides is 1. The third-order valence-corrected chi connectivity index (χ3v) is 9.46. The second-order valence-electron chi connectivity index (χ2n) is 9.75. The maximum Gasteiger partial charge on any atom is 0.254 e. The van der Waals surface area contributed by atoms with E-state index in [1.165, 1.54) is 16.8 Å². The Morgan fingerprint density at radius 3 is 2.16 bits per heavy atom. The first kappa shape index (κ1) is 24.0. The summed E-state index contributed by atoms with van der Waals surface area (Å²) < 4.78 is 34.0. The molecule has 2 atom stereocenters. The smallest absolute Gasteiger partial charge is 0.254 e. The molecule has 0 aromatic heterocycles. The maximum absolute atomic E-state index is 13.6. The molecule has 3 fully saturated rings. The lowest BCUT2D eigenvalue weighted by Gasteiger charge is -2.37. The fraction of sp³-hybridized carbons (Fsp3) is 0.708. The summed E-state index contributed by atoms with van der Waals surface area (Å²) in [5.41, 5.74) is 0.409. The Morgan fingerprint density at radius 2 is 1.62 bits per heavy atom. The molecule has 2 unspecified atom stereocenters. The second kappa shape index (κ2) is 9.61. The Balaban J connectivity index is 1.59. The van der Waals surface area contributed by atoms with E-state index < -0.39 is 10.0 Å². The molecule has 0 N–H and O–H groups in total. The number of nitrogens with zero attached hydrogens (tertiary/aromatic N) is 2. The van der Waals surface area contributed by atoms with Gasteiger partial charge in [0, 0.05) is 30.7 Å². The lowest BCUT2D eigenvalue weighted by Crippen LogP contribution is -2.48. The third-order valence-electron chi connectivity index (χ3n) is 7.14. The number of hydrogen-bond acceptors (Lipinski definition) is 4. The summed E-state index contributed by atoms with van der Waals surface area (Å²) >= 11 is 6.35. The van der Waals surface area contributed by atoms with Crippen molar-refractivity contribution in [2.45, 2.75) is 94.9 Å². The zero-order chi connectivity index (χ0) is 23.0. The number of amides is 1. The van der Waals surface area contributed by atoms with E-state index >= 15 is 0 Å². The van der Waals surface area contributed by atoms with Crippen LogP contribution in [0.1, 0.15) is 76.1 Å². The average molecular weight is 483 g/mol. The average Bonchev–Trinajstić information content (AvgIpc) is 3.59. The fourth-order valence-electron chi connectivity index (χ4n) is 5.26. The fourth-order valence-corrected chi connectivity index (χ4v) is 7.35. The number of rotatable bonds is 6. The van der Waals surface area contributed by atoms with Crippen LogP contribution in [0.3, 0.4) is 0 Å². The molecule has 32 heavy (non-hydrogen) atoms. The minimum Gasteiger partial charge on any atom is -0.373 e. The van der Waals surface area contributed by atoms with E-state index in [9.17, 15) is 13.2 Å². The summed E-state index contributed by atoms with van der Waals surface area (Å²) in [7, 11) is -3.83. The molecule has 1 aliphatic heterocycles. The van der Waals surface area contributed by atoms with Gasteiger partial charge in [0.05, 0.1) is 17.2 Å². The van der Waals surface area contributed by atoms with Crippen LogP contribution in [0.15, 0.2) is 23.1 Å². The lowest BCUT2D eigenvalue weighted by molar-refractivity contribution is -0.0440. The van der Waals surface area contributed by atoms with Gasteiger partial charge in [-0.2, -0.15) is 4.31 Å². The van der Waals surface area contributed by atoms with E-state index in [1.807, 2.05) is 18.7 Å². The molecule has 0 bridgehead atoms. The predicted molar refractivity (Wildman–Crippen MR) is 125 cm³/mol. The Labute approximate surface area is 197 Å². The highest BCUT2D eigenvalue weighted by Crippen LogP contribution is 2.38. The number of benzene rings is 1. The molecule has 1 saturated heterocycles. The van der Waals surface area contributed by atoms with E-state index in [0.29, 0.717) is 5.56 Å². The number of halogens is 1. The highest BCUT2D eigenvalue weighted by molar-refractivity contribution is 7.89. The van der Waals surface area contributed by atoms with Gasteiger partial charge in [-0.15, -0.1) is 0 Å². The minimum absolute atomic E-state index is 0.0109. The van der Waals surface area contributed by atoms with Crippen molar-refractivity contribution in [3.8, 4) is 0 Å². The van der Waals surface area contributed by atoms with E-state index in [-0.39, 0.29) is 53.2 Å². The van der Waals surface area contributed by atoms with Crippen molar-refractivity contribution in [1.82, 2.24) is 9.21 Å². The standard InChI is InChI=1S/C24H35ClN2O4S/c1-4-18-5-8-20(9-6-18)27(21-10-11-21)24(28)19-7-12-22(25)23(13-19)32(29,30)26-14-16(2)31-17(3)15-26/h7,12-13,16-18,20-21H,4-6,8-11,14-15H2,1-3H3. The van der Waals surface area contributed by atoms with Crippen LogP contribution in [0.4, 0.5) is 0 Å². The number of carbonyl (C=O) groups excluding carboxylic acids is 1. The zero-order valence-corrected chi connectivity index (χ0v) is 20.9. The van der Waals surface area contributed by atoms with E-state index in [1.54, 1.807) is 12.1 Å². The number of carbonyl (C=O) groups is 1. The van der Waals surface area contributed by atoms with E-state index in [0.717, 1.165) is 44.4 Å². The zero-order valence-electron chi connectivity index (χ0n) is 19.3. The van der Waals surface area contributed by atoms with Crippen molar-refractivity contribution in [3.05, 3.63) is 28.8 Å². The van der Waals surface area contributed by atoms with E-state index in [4.69, 9.17) is 16.3 Å². The van der Waals surface area contributed by atoms with Crippen molar-refractivity contribution >= 4 is 27.5 Å². The van der Waals surface area contributed by atoms with Crippen LogP contribution in [0.2, 0.25) is 5.02 Å². The molecule has 1 aromatic rings. The van der Waals surface area contributed by atoms with Gasteiger partial charge in [-0.05, 0) is 76.5 Å². The van der Waals surface area contributed by atoms with Crippen molar-refractivity contribution in [1.29, 1.82) is 0 Å². The van der Waals surface area contributed by atoms with Crippen LogP contribution in [-0.2, 0) is 14.8 Å². The van der Waals surface area contributed by atoms with Gasteiger partial charge >= 0.3 is 0 Å². The van der Waals surface area contributed by atoms with Crippen molar-refractivity contribution < 1.29 is 17.9 Å². The normalized spacial score (nSPS) is 29.6. The van der Waals surface area contributed by atoms with Gasteiger partial charge in [-0.1, -0.05) is 24.9 Å². The molecule has 178 valence electrons. The monoisotopic (exact) mass is 482 g/mol. The SMILES string of the molecule is CCC1CCC(N(C(=O)c2ccc(Cl)c(S(=O)(=O)N3CC(C)OC(C)C3)c2)C2CC2)CC1. The summed E-state index contributed by atoms with van der Waals surface area (Å²) in [4.78, 5) is 15.7. The number of morpholine rings is 1. The molecule has 1 heterocycles. The number of hydrogen-bond donors (Lipinski definition) is 0. The van der Waals surface area contributed by atoms with Gasteiger partial charge < -0.3 is 9.64 Å². The van der Waals surface area contributed by atoms with Crippen LogP contribution in [0, 0.1) is 5.92 Å². The van der Waals surface area contributed by atoms with Crippen LogP contribution in [0.25, 0.3) is 0 Å². The van der Waals surface area contributed by atoms with E-state index in [2.05, 4.69) is 6.92 Å². The van der Waals surface area contributed by atoms with Gasteiger partial charge in [0.25, 0.3) is 5.91 Å². The Hall–Kier alpha value is -1.15. The lowest BCUT2D eigenvalue weighted by atomic mass is 9.83. The molecule has 2 saturated carbocycles. The predicted octanol–water partition coefficient (Wildman–Crippen LogP) is 4.71. The topological polar surface area (TPSA) is 66.9 Å². The van der Waals surface area contributed by atoms with Crippen LogP contribution in [0.5, 0.6) is 0 Å². The summed E-state index contributed by atoms with van der Waals surface area (Å²) in [5.74, 6) is 0.692. The van der Waals surface area contributed by atoms with Gasteiger partial charge in [-0.3, -0.25) is 4.79 Å². The first-order valence-corrected chi connectivity index (χ1v) is 13.8. The van der Waals surface area contributed by atoms with Crippen molar-refractivity contribution in [2.75, 3.05) is 13.1 Å². The van der Waals surface area contributed by atoms with Crippen LogP contribution >= 0.6 is 11.6 Å². The molecule has 4 rings (SSSR count). The molecule has 2 aliphatic carbocycles. The summed E-state index contributed by atoms with van der Waals surface area (Å²) in [6.07, 6.45) is 7.24. The molecule has 8 heteroatoms. The minimum atomic E-state index is -3.83. The molecule has 0 radical (unpaired) electrons. The molecular formula is C24H35ClN2O4S. The first-order chi connectivity index (χ1) is 15.2.